The van der Waals surface area contributed by atoms with E-state index in [0.29, 0.717) is 5.82 Å². The average molecular weight is 343 g/mol. The van der Waals surface area contributed by atoms with Crippen molar-refractivity contribution in [1.29, 1.82) is 0 Å². The first-order chi connectivity index (χ1) is 12.7. The van der Waals surface area contributed by atoms with Crippen LogP contribution in [-0.4, -0.2) is 19.6 Å². The third-order valence-electron chi connectivity index (χ3n) is 4.50. The zero-order valence-electron chi connectivity index (χ0n) is 14.8. The summed E-state index contributed by atoms with van der Waals surface area (Å²) >= 11 is 0. The Labute approximate surface area is 152 Å². The first-order valence-electron chi connectivity index (χ1n) is 8.81. The van der Waals surface area contributed by atoms with E-state index >= 15 is 0 Å². The Balaban J connectivity index is 1.65. The van der Waals surface area contributed by atoms with Gasteiger partial charge in [-0.3, -0.25) is 0 Å². The molecule has 0 fully saturated rings. The van der Waals surface area contributed by atoms with Crippen molar-refractivity contribution in [2.45, 2.75) is 26.2 Å². The number of rotatable bonds is 5. The second kappa shape index (κ2) is 6.96. The summed E-state index contributed by atoms with van der Waals surface area (Å²) in [6, 6.07) is 16.3. The summed E-state index contributed by atoms with van der Waals surface area (Å²) in [6.45, 7) is 2.10. The van der Waals surface area contributed by atoms with Gasteiger partial charge in [-0.25, -0.2) is 14.5 Å². The van der Waals surface area contributed by atoms with E-state index in [2.05, 4.69) is 41.3 Å². The van der Waals surface area contributed by atoms with E-state index in [1.807, 2.05) is 35.0 Å². The van der Waals surface area contributed by atoms with Gasteiger partial charge in [0.15, 0.2) is 5.65 Å². The van der Waals surface area contributed by atoms with Crippen molar-refractivity contribution in [3.63, 3.8) is 0 Å². The highest BCUT2D eigenvalue weighted by molar-refractivity contribution is 5.66. The van der Waals surface area contributed by atoms with Crippen LogP contribution < -0.4 is 5.73 Å². The van der Waals surface area contributed by atoms with E-state index < -0.39 is 0 Å². The molecule has 0 radical (unpaired) electrons. The van der Waals surface area contributed by atoms with Gasteiger partial charge in [0, 0.05) is 18.0 Å². The minimum absolute atomic E-state index is 0.569. The van der Waals surface area contributed by atoms with Gasteiger partial charge in [-0.1, -0.05) is 23.8 Å². The molecule has 0 aliphatic heterocycles. The Bertz CT molecular complexity index is 1050. The predicted octanol–water partition coefficient (Wildman–Crippen LogP) is 3.86. The highest BCUT2D eigenvalue weighted by Gasteiger charge is 2.14. The Morgan fingerprint density at radius 2 is 1.92 bits per heavy atom. The molecule has 4 rings (SSSR count). The molecule has 0 bridgehead atoms. The number of aromatic nitrogens is 4. The van der Waals surface area contributed by atoms with Crippen LogP contribution >= 0.6 is 0 Å². The number of pyridine rings is 1. The number of nitrogens with zero attached hydrogens (tertiary/aromatic N) is 4. The number of nitrogens with two attached hydrogens (primary N) is 1. The maximum absolute atomic E-state index is 5.78. The second-order valence-corrected chi connectivity index (χ2v) is 6.51. The van der Waals surface area contributed by atoms with Crippen LogP contribution in [0.4, 0.5) is 5.82 Å². The van der Waals surface area contributed by atoms with Crippen molar-refractivity contribution < 1.29 is 0 Å². The average Bonchev–Trinajstić information content (AvgIpc) is 3.01. The normalized spacial score (nSPS) is 11.1. The molecule has 3 heterocycles. The van der Waals surface area contributed by atoms with Crippen molar-refractivity contribution >= 4 is 11.5 Å². The molecule has 0 spiro atoms. The molecular weight excluding hydrogens is 322 g/mol. The molecule has 0 unspecified atom stereocenters. The minimum Gasteiger partial charge on any atom is -0.384 e. The SMILES string of the molecule is Cc1cccc(-c2nc3cccnn3c2CCCc2ccnc(N)c2)c1. The third-order valence-corrected chi connectivity index (χ3v) is 4.50. The molecule has 1 aromatic carbocycles. The topological polar surface area (TPSA) is 69.1 Å². The standard InChI is InChI=1S/C21H21N5/c1-15-5-2-7-17(13-15)21-18(26-20(25-21)9-4-11-24-26)8-3-6-16-10-12-23-19(22)14-16/h2,4-5,7,9-14H,3,6,8H2,1H3,(H2,22,23). The number of anilines is 1. The van der Waals surface area contributed by atoms with Gasteiger partial charge in [0.1, 0.15) is 5.82 Å². The summed E-state index contributed by atoms with van der Waals surface area (Å²) < 4.78 is 1.96. The Morgan fingerprint density at radius 3 is 2.77 bits per heavy atom. The smallest absolute Gasteiger partial charge is 0.154 e. The molecule has 0 saturated carbocycles. The molecule has 0 saturated heterocycles. The molecule has 4 aromatic rings. The number of benzene rings is 1. The van der Waals surface area contributed by atoms with Gasteiger partial charge >= 0.3 is 0 Å². The van der Waals surface area contributed by atoms with Gasteiger partial charge < -0.3 is 5.73 Å². The number of hydrogen-bond acceptors (Lipinski definition) is 4. The van der Waals surface area contributed by atoms with Crippen LogP contribution in [0.3, 0.4) is 0 Å². The zero-order chi connectivity index (χ0) is 17.9. The molecule has 130 valence electrons. The van der Waals surface area contributed by atoms with Crippen LogP contribution in [0.25, 0.3) is 16.9 Å². The van der Waals surface area contributed by atoms with Gasteiger partial charge in [-0.2, -0.15) is 5.10 Å². The Kier molecular flexibility index (Phi) is 4.35. The van der Waals surface area contributed by atoms with Crippen LogP contribution in [0.5, 0.6) is 0 Å². The summed E-state index contributed by atoms with van der Waals surface area (Å²) in [5, 5.41) is 4.51. The molecule has 5 heteroatoms. The monoisotopic (exact) mass is 343 g/mol. The van der Waals surface area contributed by atoms with E-state index in [4.69, 9.17) is 10.7 Å². The fourth-order valence-electron chi connectivity index (χ4n) is 3.29. The molecule has 5 nitrogen and oxygen atoms in total. The Morgan fingerprint density at radius 1 is 1.00 bits per heavy atom. The van der Waals surface area contributed by atoms with Gasteiger partial charge in [0.05, 0.1) is 11.4 Å². The first kappa shape index (κ1) is 16.3. The molecule has 0 amide bonds. The highest BCUT2D eigenvalue weighted by Crippen LogP contribution is 2.26. The highest BCUT2D eigenvalue weighted by atomic mass is 15.3. The van der Waals surface area contributed by atoms with E-state index in [1.165, 1.54) is 11.1 Å². The van der Waals surface area contributed by atoms with Gasteiger partial charge in [0.25, 0.3) is 0 Å². The fourth-order valence-corrected chi connectivity index (χ4v) is 3.29. The fraction of sp³-hybridized carbons (Fsp3) is 0.190. The van der Waals surface area contributed by atoms with Gasteiger partial charge in [-0.15, -0.1) is 0 Å². The van der Waals surface area contributed by atoms with Crippen molar-refractivity contribution in [3.05, 3.63) is 77.7 Å². The van der Waals surface area contributed by atoms with Crippen LogP contribution in [-0.2, 0) is 12.8 Å². The lowest BCUT2D eigenvalue weighted by Crippen LogP contribution is -2.00. The summed E-state index contributed by atoms with van der Waals surface area (Å²) in [6.07, 6.45) is 6.40. The number of aryl methyl sites for hydroxylation is 3. The van der Waals surface area contributed by atoms with E-state index in [1.54, 1.807) is 6.20 Å². The lowest BCUT2D eigenvalue weighted by molar-refractivity contribution is 0.761. The molecule has 26 heavy (non-hydrogen) atoms. The molecule has 0 aliphatic carbocycles. The number of imidazole rings is 1. The second-order valence-electron chi connectivity index (χ2n) is 6.51. The van der Waals surface area contributed by atoms with Gasteiger partial charge in [0.2, 0.25) is 0 Å². The lowest BCUT2D eigenvalue weighted by Gasteiger charge is -2.06. The zero-order valence-corrected chi connectivity index (χ0v) is 14.8. The van der Waals surface area contributed by atoms with Crippen LogP contribution in [0.1, 0.15) is 23.2 Å². The number of hydrogen-bond donors (Lipinski definition) is 1. The molecule has 0 aliphatic rings. The summed E-state index contributed by atoms with van der Waals surface area (Å²) in [5.74, 6) is 0.569. The van der Waals surface area contributed by atoms with Crippen LogP contribution in [0.15, 0.2) is 60.9 Å². The molecular formula is C21H21N5. The first-order valence-corrected chi connectivity index (χ1v) is 8.81. The minimum atomic E-state index is 0.569. The van der Waals surface area contributed by atoms with Crippen molar-refractivity contribution in [3.8, 4) is 11.3 Å². The maximum atomic E-state index is 5.78. The number of nitrogen functional groups attached to an aromatic ring is 1. The third kappa shape index (κ3) is 3.28. The molecule has 2 N–H and O–H groups in total. The summed E-state index contributed by atoms with van der Waals surface area (Å²) in [7, 11) is 0. The largest absolute Gasteiger partial charge is 0.384 e. The molecule has 3 aromatic heterocycles. The maximum Gasteiger partial charge on any atom is 0.154 e. The molecule has 0 atom stereocenters. The summed E-state index contributed by atoms with van der Waals surface area (Å²) in [5.41, 5.74) is 12.4. The Hall–Kier alpha value is -3.21. The quantitative estimate of drug-likeness (QED) is 0.597. The van der Waals surface area contributed by atoms with E-state index in [9.17, 15) is 0 Å². The predicted molar refractivity (Wildman–Crippen MR) is 104 cm³/mol. The van der Waals surface area contributed by atoms with Crippen LogP contribution in [0.2, 0.25) is 0 Å². The van der Waals surface area contributed by atoms with Crippen molar-refractivity contribution in [2.75, 3.05) is 5.73 Å². The van der Waals surface area contributed by atoms with Crippen molar-refractivity contribution in [2.24, 2.45) is 0 Å². The van der Waals surface area contributed by atoms with Crippen molar-refractivity contribution in [1.82, 2.24) is 19.6 Å². The van der Waals surface area contributed by atoms with Gasteiger partial charge in [-0.05, 0) is 62.1 Å². The lowest BCUT2D eigenvalue weighted by atomic mass is 10.0. The van der Waals surface area contributed by atoms with E-state index in [0.717, 1.165) is 41.9 Å². The number of fused-ring (bicyclic) bond motifs is 1. The van der Waals surface area contributed by atoms with E-state index in [-0.39, 0.29) is 0 Å². The summed E-state index contributed by atoms with van der Waals surface area (Å²) in [4.78, 5) is 8.89. The van der Waals surface area contributed by atoms with Crippen LogP contribution in [0, 0.1) is 6.92 Å².